The van der Waals surface area contributed by atoms with Gasteiger partial charge in [-0.1, -0.05) is 84.4 Å². The molecule has 0 bridgehead atoms. The SMILES string of the molecule is C=C/C=C(/C(c1ccccc1Cl)N(CC=C)S(=O)(=O)c1ccccc1)S(=O)(=O)c1ccc(C)cc1. The van der Waals surface area contributed by atoms with Gasteiger partial charge in [0.15, 0.2) is 0 Å². The number of sulfonamides is 1. The van der Waals surface area contributed by atoms with Gasteiger partial charge in [0.1, 0.15) is 0 Å². The van der Waals surface area contributed by atoms with E-state index in [2.05, 4.69) is 13.2 Å². The molecule has 1 unspecified atom stereocenters. The molecule has 0 aromatic heterocycles. The van der Waals surface area contributed by atoms with Crippen LogP contribution < -0.4 is 0 Å². The molecule has 0 spiro atoms. The zero-order valence-corrected chi connectivity index (χ0v) is 21.6. The Balaban J connectivity index is 2.36. The molecule has 35 heavy (non-hydrogen) atoms. The molecule has 8 heteroatoms. The van der Waals surface area contributed by atoms with Gasteiger partial charge < -0.3 is 0 Å². The summed E-state index contributed by atoms with van der Waals surface area (Å²) in [6, 6.07) is 19.5. The highest BCUT2D eigenvalue weighted by molar-refractivity contribution is 7.95. The predicted molar refractivity (Wildman–Crippen MR) is 141 cm³/mol. The van der Waals surface area contributed by atoms with E-state index in [0.717, 1.165) is 9.87 Å². The second-order valence-electron chi connectivity index (χ2n) is 7.72. The van der Waals surface area contributed by atoms with Crippen LogP contribution in [-0.4, -0.2) is 27.7 Å². The molecule has 0 aliphatic heterocycles. The third-order valence-corrected chi connectivity index (χ3v) is 9.40. The van der Waals surface area contributed by atoms with Crippen LogP contribution in [0.2, 0.25) is 5.02 Å². The van der Waals surface area contributed by atoms with E-state index in [-0.39, 0.29) is 26.3 Å². The number of halogens is 1. The molecule has 1 atom stereocenters. The van der Waals surface area contributed by atoms with Crippen molar-refractivity contribution in [1.82, 2.24) is 4.31 Å². The smallest absolute Gasteiger partial charge is 0.219 e. The highest BCUT2D eigenvalue weighted by Gasteiger charge is 2.40. The minimum atomic E-state index is -4.18. The largest absolute Gasteiger partial charge is 0.244 e. The number of hydrogen-bond acceptors (Lipinski definition) is 4. The third-order valence-electron chi connectivity index (χ3n) is 5.34. The highest BCUT2D eigenvalue weighted by atomic mass is 35.5. The van der Waals surface area contributed by atoms with Crippen molar-refractivity contribution < 1.29 is 16.8 Å². The van der Waals surface area contributed by atoms with Gasteiger partial charge in [-0.15, -0.1) is 6.58 Å². The van der Waals surface area contributed by atoms with Crippen LogP contribution in [0.4, 0.5) is 0 Å². The third kappa shape index (κ3) is 5.65. The minimum Gasteiger partial charge on any atom is -0.219 e. The van der Waals surface area contributed by atoms with Gasteiger partial charge in [-0.3, -0.25) is 0 Å². The molecule has 3 rings (SSSR count). The van der Waals surface area contributed by atoms with E-state index in [1.54, 1.807) is 54.6 Å². The molecule has 0 aliphatic carbocycles. The van der Waals surface area contributed by atoms with Crippen molar-refractivity contribution in [3.05, 3.63) is 131 Å². The van der Waals surface area contributed by atoms with Crippen LogP contribution in [0.15, 0.2) is 125 Å². The monoisotopic (exact) mass is 527 g/mol. The first-order valence-electron chi connectivity index (χ1n) is 10.7. The number of hydrogen-bond donors (Lipinski definition) is 0. The van der Waals surface area contributed by atoms with E-state index in [9.17, 15) is 16.8 Å². The molecule has 5 nitrogen and oxygen atoms in total. The van der Waals surface area contributed by atoms with Crippen molar-refractivity contribution in [2.45, 2.75) is 22.8 Å². The van der Waals surface area contributed by atoms with Gasteiger partial charge in [0, 0.05) is 11.6 Å². The second-order valence-corrected chi connectivity index (χ2v) is 12.0. The van der Waals surface area contributed by atoms with Crippen LogP contribution in [0.5, 0.6) is 0 Å². The van der Waals surface area contributed by atoms with Gasteiger partial charge in [-0.25, -0.2) is 16.8 Å². The van der Waals surface area contributed by atoms with Gasteiger partial charge in [0.2, 0.25) is 19.9 Å². The molecule has 3 aromatic carbocycles. The fourth-order valence-corrected chi connectivity index (χ4v) is 7.12. The molecule has 0 radical (unpaired) electrons. The number of rotatable bonds is 10. The molecule has 0 fully saturated rings. The topological polar surface area (TPSA) is 71.5 Å². The molecule has 0 N–H and O–H groups in total. The van der Waals surface area contributed by atoms with Crippen LogP contribution in [0, 0.1) is 6.92 Å². The normalized spacial score (nSPS) is 13.4. The lowest BCUT2D eigenvalue weighted by Gasteiger charge is -2.32. The Morgan fingerprint density at radius 1 is 0.886 bits per heavy atom. The number of nitrogens with zero attached hydrogens (tertiary/aromatic N) is 1. The summed E-state index contributed by atoms with van der Waals surface area (Å²) in [7, 11) is -8.34. The Labute approximate surface area is 212 Å². The van der Waals surface area contributed by atoms with Crippen LogP contribution >= 0.6 is 11.6 Å². The summed E-state index contributed by atoms with van der Waals surface area (Å²) in [5.41, 5.74) is 1.21. The quantitative estimate of drug-likeness (QED) is 0.235. The maximum absolute atomic E-state index is 13.9. The molecule has 0 amide bonds. The van der Waals surface area contributed by atoms with Gasteiger partial charge in [-0.05, 0) is 48.9 Å². The lowest BCUT2D eigenvalue weighted by Crippen LogP contribution is -2.37. The molecule has 0 heterocycles. The summed E-state index contributed by atoms with van der Waals surface area (Å²) in [5.74, 6) is 0. The van der Waals surface area contributed by atoms with Gasteiger partial charge >= 0.3 is 0 Å². The van der Waals surface area contributed by atoms with E-state index >= 15 is 0 Å². The van der Waals surface area contributed by atoms with Crippen LogP contribution in [0.25, 0.3) is 0 Å². The number of benzene rings is 3. The summed E-state index contributed by atoms with van der Waals surface area (Å²) in [6.45, 7) is 9.08. The number of aryl methyl sites for hydroxylation is 1. The minimum absolute atomic E-state index is 0.0181. The summed E-state index contributed by atoms with van der Waals surface area (Å²) in [5, 5.41) is 0.226. The predicted octanol–water partition coefficient (Wildman–Crippen LogP) is 6.11. The molecule has 0 saturated carbocycles. The number of allylic oxidation sites excluding steroid dienone is 2. The first kappa shape index (κ1) is 26.6. The Hall–Kier alpha value is -2.97. The maximum atomic E-state index is 13.9. The second kappa shape index (κ2) is 11.2. The van der Waals surface area contributed by atoms with Crippen molar-refractivity contribution in [3.8, 4) is 0 Å². The fraction of sp³-hybridized carbons (Fsp3) is 0.111. The lowest BCUT2D eigenvalue weighted by molar-refractivity contribution is 0.391. The molecule has 0 saturated heterocycles. The van der Waals surface area contributed by atoms with Gasteiger partial charge in [-0.2, -0.15) is 4.31 Å². The van der Waals surface area contributed by atoms with Gasteiger partial charge in [0.05, 0.1) is 20.7 Å². The summed E-state index contributed by atoms with van der Waals surface area (Å²) < 4.78 is 56.7. The average molecular weight is 528 g/mol. The van der Waals surface area contributed by atoms with Crippen molar-refractivity contribution in [3.63, 3.8) is 0 Å². The van der Waals surface area contributed by atoms with Crippen molar-refractivity contribution in [2.75, 3.05) is 6.54 Å². The Morgan fingerprint density at radius 3 is 2.06 bits per heavy atom. The van der Waals surface area contributed by atoms with E-state index in [1.807, 2.05) is 6.92 Å². The summed E-state index contributed by atoms with van der Waals surface area (Å²) in [4.78, 5) is -0.126. The van der Waals surface area contributed by atoms with Crippen LogP contribution in [-0.2, 0) is 19.9 Å². The summed E-state index contributed by atoms with van der Waals surface area (Å²) >= 11 is 6.53. The Kier molecular flexibility index (Phi) is 8.51. The van der Waals surface area contributed by atoms with Gasteiger partial charge in [0.25, 0.3) is 0 Å². The van der Waals surface area contributed by atoms with Crippen molar-refractivity contribution >= 4 is 31.5 Å². The zero-order chi connectivity index (χ0) is 25.6. The molecular weight excluding hydrogens is 502 g/mol. The Morgan fingerprint density at radius 2 is 1.49 bits per heavy atom. The maximum Gasteiger partial charge on any atom is 0.244 e. The van der Waals surface area contributed by atoms with Crippen LogP contribution in [0.1, 0.15) is 17.2 Å². The summed E-state index contributed by atoms with van der Waals surface area (Å²) in [6.07, 6.45) is 4.06. The number of sulfone groups is 1. The van der Waals surface area contributed by atoms with E-state index in [0.29, 0.717) is 5.56 Å². The van der Waals surface area contributed by atoms with E-state index < -0.39 is 25.9 Å². The first-order chi connectivity index (χ1) is 16.6. The average Bonchev–Trinajstić information content (AvgIpc) is 2.84. The highest BCUT2D eigenvalue weighted by Crippen LogP contribution is 2.41. The zero-order valence-electron chi connectivity index (χ0n) is 19.2. The molecule has 0 aliphatic rings. The van der Waals surface area contributed by atoms with Crippen LogP contribution in [0.3, 0.4) is 0 Å². The first-order valence-corrected chi connectivity index (χ1v) is 14.0. The van der Waals surface area contributed by atoms with Crippen molar-refractivity contribution in [2.24, 2.45) is 0 Å². The van der Waals surface area contributed by atoms with E-state index in [4.69, 9.17) is 11.6 Å². The Bertz CT molecular complexity index is 1450. The molecule has 3 aromatic rings. The molecule has 182 valence electrons. The van der Waals surface area contributed by atoms with E-state index in [1.165, 1.54) is 42.5 Å². The fourth-order valence-electron chi connectivity index (χ4n) is 3.64. The standard InChI is InChI=1S/C27H26ClNO4S2/c1-4-11-26(34(30,31)22-18-16-21(3)17-19-22)27(24-14-9-10-15-25(24)28)29(20-5-2)35(32,33)23-12-7-6-8-13-23/h4-19,27H,1-2,20H2,3H3/b26-11-. The molecular formula is C27H26ClNO4S2. The van der Waals surface area contributed by atoms with Crippen molar-refractivity contribution in [1.29, 1.82) is 0 Å². The lowest BCUT2D eigenvalue weighted by atomic mass is 10.1.